The van der Waals surface area contributed by atoms with Crippen LogP contribution in [0.3, 0.4) is 0 Å². The van der Waals surface area contributed by atoms with Crippen molar-refractivity contribution in [1.82, 2.24) is 0 Å². The van der Waals surface area contributed by atoms with E-state index in [1.807, 2.05) is 19.1 Å². The Bertz CT molecular complexity index is 3340. The third-order valence-corrected chi connectivity index (χ3v) is 11.8. The van der Waals surface area contributed by atoms with Crippen LogP contribution in [0.15, 0.2) is 204 Å². The van der Waals surface area contributed by atoms with Crippen molar-refractivity contribution >= 4 is 87.3 Å². The van der Waals surface area contributed by atoms with Crippen LogP contribution in [-0.2, 0) is 0 Å². The number of furan rings is 2. The maximum atomic E-state index is 6.44. The topological polar surface area (TPSA) is 26.3 Å². The molecule has 270 valence electrons. The summed E-state index contributed by atoms with van der Waals surface area (Å²) in [5, 5.41) is 12.0. The summed E-state index contributed by atoms with van der Waals surface area (Å²) in [5.41, 5.74) is 10.9. The number of hydrogen-bond donors (Lipinski definition) is 0. The molecule has 2 unspecified atom stereocenters. The van der Waals surface area contributed by atoms with E-state index in [0.717, 1.165) is 43.9 Å². The number of fused-ring (bicyclic) bond motifs is 11. The zero-order chi connectivity index (χ0) is 38.0. The molecule has 0 N–H and O–H groups in total. The predicted octanol–water partition coefficient (Wildman–Crippen LogP) is 15.6. The molecule has 12 rings (SSSR count). The highest BCUT2D eigenvalue weighted by Crippen LogP contribution is 2.46. The molecule has 0 amide bonds. The summed E-state index contributed by atoms with van der Waals surface area (Å²) in [6.07, 6.45) is 16.1. The summed E-state index contributed by atoms with van der Waals surface area (Å²) >= 11 is 0. The van der Waals surface area contributed by atoms with Crippen molar-refractivity contribution in [3.05, 3.63) is 206 Å². The molecule has 2 nitrogen and oxygen atoms in total. The molecule has 2 heterocycles. The minimum absolute atomic E-state index is 0.270. The standard InChI is InChI=1S/C52H32O2.C3H6/c1-2-10-32-28-37(21-17-31(32)9-1)49-40-12-3-5-14-42(40)50(43-15-6-4-13-41(43)49)38-22-20-33-27-34(18-19-35(33)29-38)36-23-26-48-46(30-36)45-25-24-44-39-11-7-8-16-47(39)53-51(44)52(45)54-48;1-3-2/h1-30,33,35H;3H,1H2,2H3. The van der Waals surface area contributed by atoms with E-state index in [0.29, 0.717) is 0 Å². The third-order valence-electron chi connectivity index (χ3n) is 11.8. The fourth-order valence-corrected chi connectivity index (χ4v) is 9.20. The van der Waals surface area contributed by atoms with E-state index in [1.165, 1.54) is 65.7 Å². The Morgan fingerprint density at radius 2 is 0.947 bits per heavy atom. The van der Waals surface area contributed by atoms with Gasteiger partial charge in [0.05, 0.1) is 0 Å². The second-order valence-electron chi connectivity index (χ2n) is 15.2. The minimum Gasteiger partial charge on any atom is -0.452 e. The summed E-state index contributed by atoms with van der Waals surface area (Å²) < 4.78 is 12.7. The first-order chi connectivity index (χ1) is 28.2. The third kappa shape index (κ3) is 5.33. The van der Waals surface area contributed by atoms with Gasteiger partial charge in [0, 0.05) is 33.4 Å². The molecule has 8 aromatic carbocycles. The molecule has 0 spiro atoms. The van der Waals surface area contributed by atoms with Crippen LogP contribution in [0.1, 0.15) is 18.1 Å². The van der Waals surface area contributed by atoms with Crippen LogP contribution >= 0.6 is 0 Å². The van der Waals surface area contributed by atoms with Gasteiger partial charge in [-0.15, -0.1) is 6.58 Å². The predicted molar refractivity (Wildman–Crippen MR) is 242 cm³/mol. The van der Waals surface area contributed by atoms with E-state index >= 15 is 0 Å². The second-order valence-corrected chi connectivity index (χ2v) is 15.2. The summed E-state index contributed by atoms with van der Waals surface area (Å²) in [4.78, 5) is 0. The van der Waals surface area contributed by atoms with Crippen molar-refractivity contribution in [2.24, 2.45) is 11.8 Å². The highest BCUT2D eigenvalue weighted by Gasteiger charge is 2.25. The summed E-state index contributed by atoms with van der Waals surface area (Å²) in [6.45, 7) is 5.25. The van der Waals surface area contributed by atoms with E-state index < -0.39 is 0 Å². The Morgan fingerprint density at radius 1 is 0.439 bits per heavy atom. The van der Waals surface area contributed by atoms with Crippen LogP contribution in [0.2, 0.25) is 0 Å². The summed E-state index contributed by atoms with van der Waals surface area (Å²) in [5.74, 6) is 0.543. The van der Waals surface area contributed by atoms with Gasteiger partial charge in [-0.05, 0) is 109 Å². The number of rotatable bonds is 3. The van der Waals surface area contributed by atoms with Gasteiger partial charge in [0.2, 0.25) is 0 Å². The van der Waals surface area contributed by atoms with Crippen LogP contribution in [0, 0.1) is 11.8 Å². The number of hydrogen-bond acceptors (Lipinski definition) is 2. The Labute approximate surface area is 330 Å². The monoisotopic (exact) mass is 730 g/mol. The van der Waals surface area contributed by atoms with Gasteiger partial charge in [-0.25, -0.2) is 0 Å². The molecule has 0 fully saturated rings. The molecule has 0 radical (unpaired) electrons. The second kappa shape index (κ2) is 13.3. The first kappa shape index (κ1) is 33.2. The molecule has 0 saturated heterocycles. The van der Waals surface area contributed by atoms with Crippen LogP contribution in [0.25, 0.3) is 98.5 Å². The zero-order valence-corrected chi connectivity index (χ0v) is 31.6. The Kier molecular flexibility index (Phi) is 7.72. The van der Waals surface area contributed by atoms with Crippen LogP contribution in [0.4, 0.5) is 0 Å². The van der Waals surface area contributed by atoms with Crippen LogP contribution in [-0.4, -0.2) is 0 Å². The number of benzene rings is 8. The lowest BCUT2D eigenvalue weighted by atomic mass is 9.77. The zero-order valence-electron chi connectivity index (χ0n) is 31.6. The Morgan fingerprint density at radius 3 is 1.63 bits per heavy atom. The molecule has 10 aromatic rings. The quantitative estimate of drug-likeness (QED) is 0.134. The van der Waals surface area contributed by atoms with E-state index in [1.54, 1.807) is 6.08 Å². The largest absolute Gasteiger partial charge is 0.452 e. The SMILES string of the molecule is C1=CC2C=C(c3c4ccccc4c(-c4ccc5ccccc5c4)c4ccccc34)C=CC2C=C1c1ccc2oc3c(ccc4c5ccccc5oc43)c2c1.C=CC. The van der Waals surface area contributed by atoms with E-state index in [4.69, 9.17) is 8.83 Å². The van der Waals surface area contributed by atoms with Gasteiger partial charge in [-0.3, -0.25) is 0 Å². The first-order valence-electron chi connectivity index (χ1n) is 19.7. The Balaban J connectivity index is 0.00000121. The van der Waals surface area contributed by atoms with Crippen LogP contribution in [0.5, 0.6) is 0 Å². The van der Waals surface area contributed by atoms with Gasteiger partial charge in [-0.2, -0.15) is 0 Å². The normalized spacial score (nSPS) is 16.3. The molecule has 0 aliphatic heterocycles. The van der Waals surface area contributed by atoms with Crippen molar-refractivity contribution in [3.63, 3.8) is 0 Å². The average molecular weight is 731 g/mol. The van der Waals surface area contributed by atoms with Gasteiger partial charge in [0.15, 0.2) is 11.2 Å². The summed E-state index contributed by atoms with van der Waals surface area (Å²) in [6, 6.07) is 52.5. The number of allylic oxidation sites excluding steroid dienone is 9. The van der Waals surface area contributed by atoms with Crippen molar-refractivity contribution in [1.29, 1.82) is 0 Å². The fraction of sp³-hybridized carbons (Fsp3) is 0.0545. The first-order valence-corrected chi connectivity index (χ1v) is 19.7. The summed E-state index contributed by atoms with van der Waals surface area (Å²) in [7, 11) is 0. The van der Waals surface area contributed by atoms with E-state index in [2.05, 4.69) is 176 Å². The van der Waals surface area contributed by atoms with Crippen molar-refractivity contribution in [2.75, 3.05) is 0 Å². The van der Waals surface area contributed by atoms with Gasteiger partial charge in [0.25, 0.3) is 0 Å². The molecular formula is C55H38O2. The molecule has 0 bridgehead atoms. The van der Waals surface area contributed by atoms with Gasteiger partial charge >= 0.3 is 0 Å². The highest BCUT2D eigenvalue weighted by molar-refractivity contribution is 6.21. The van der Waals surface area contributed by atoms with Gasteiger partial charge in [0.1, 0.15) is 11.2 Å². The van der Waals surface area contributed by atoms with Crippen LogP contribution < -0.4 is 0 Å². The van der Waals surface area contributed by atoms with Crippen molar-refractivity contribution in [3.8, 4) is 11.1 Å². The highest BCUT2D eigenvalue weighted by atomic mass is 16.4. The van der Waals surface area contributed by atoms with E-state index in [-0.39, 0.29) is 11.8 Å². The molecule has 2 aromatic heterocycles. The van der Waals surface area contributed by atoms with Crippen molar-refractivity contribution < 1.29 is 8.83 Å². The minimum atomic E-state index is 0.270. The lowest BCUT2D eigenvalue weighted by Crippen LogP contribution is -2.13. The number of para-hydroxylation sites is 1. The van der Waals surface area contributed by atoms with E-state index in [9.17, 15) is 0 Å². The maximum Gasteiger partial charge on any atom is 0.178 e. The van der Waals surface area contributed by atoms with Gasteiger partial charge < -0.3 is 8.83 Å². The Hall–Kier alpha value is -7.16. The lowest BCUT2D eigenvalue weighted by molar-refractivity contribution is 0.633. The smallest absolute Gasteiger partial charge is 0.178 e. The average Bonchev–Trinajstić information content (AvgIpc) is 3.84. The lowest BCUT2D eigenvalue weighted by Gasteiger charge is -2.27. The molecule has 2 aliphatic carbocycles. The maximum absolute atomic E-state index is 6.44. The van der Waals surface area contributed by atoms with Crippen molar-refractivity contribution in [2.45, 2.75) is 6.92 Å². The molecule has 0 saturated carbocycles. The molecule has 2 aliphatic rings. The molecule has 2 heteroatoms. The van der Waals surface area contributed by atoms with Gasteiger partial charge in [-0.1, -0.05) is 152 Å². The molecule has 57 heavy (non-hydrogen) atoms. The fourth-order valence-electron chi connectivity index (χ4n) is 9.20. The molecule has 2 atom stereocenters. The molecular weight excluding hydrogens is 693 g/mol.